The molecule has 0 aromatic carbocycles. The molecule has 3 aromatic heterocycles. The lowest BCUT2D eigenvalue weighted by molar-refractivity contribution is -0.00535. The number of nitrogens with zero attached hydrogens (tertiary/aromatic N) is 4. The number of rotatable bonds is 2. The van der Waals surface area contributed by atoms with Crippen molar-refractivity contribution in [3.8, 4) is 22.6 Å². The van der Waals surface area contributed by atoms with Crippen molar-refractivity contribution in [1.82, 2.24) is 20.2 Å². The number of aliphatic hydroxyl groups is 1. The molecule has 142 valence electrons. The molecule has 1 saturated heterocycles. The smallest absolute Gasteiger partial charge is 0.313 e. The molecule has 27 heavy (non-hydrogen) atoms. The number of nitrogens with two attached hydrogens (primary N) is 2. The molecule has 3 aromatic rings. The highest BCUT2D eigenvalue weighted by Crippen LogP contribution is 2.30. The number of aliphatic hydroxyl groups excluding tert-OH is 1. The second-order valence-electron chi connectivity index (χ2n) is 5.87. The predicted octanol–water partition coefficient (Wildman–Crippen LogP) is 2.17. The number of hydrogen-bond acceptors (Lipinski definition) is 9. The number of nitrogen functional groups attached to an aromatic ring is 2. The first-order valence-corrected chi connectivity index (χ1v) is 8.62. The number of pyridine rings is 2. The van der Waals surface area contributed by atoms with E-state index in [9.17, 15) is 0 Å². The molecule has 4 heterocycles. The Balaban J connectivity index is 0.000000253. The third-order valence-electron chi connectivity index (χ3n) is 3.75. The van der Waals surface area contributed by atoms with Crippen LogP contribution in [0.25, 0.3) is 22.6 Å². The second-order valence-corrected chi connectivity index (χ2v) is 6.27. The Morgan fingerprint density at radius 3 is 2.56 bits per heavy atom. The van der Waals surface area contributed by atoms with Crippen LogP contribution in [0.15, 0.2) is 35.1 Å². The van der Waals surface area contributed by atoms with Crippen LogP contribution in [0, 0.1) is 0 Å². The summed E-state index contributed by atoms with van der Waals surface area (Å²) in [7, 11) is 0. The molecule has 1 aliphatic heterocycles. The first-order chi connectivity index (χ1) is 13.0. The summed E-state index contributed by atoms with van der Waals surface area (Å²) in [5.41, 5.74) is 13.2. The maximum absolute atomic E-state index is 8.78. The summed E-state index contributed by atoms with van der Waals surface area (Å²) < 4.78 is 10.1. The summed E-state index contributed by atoms with van der Waals surface area (Å²) in [6, 6.07) is 3.47. The Morgan fingerprint density at radius 2 is 1.93 bits per heavy atom. The molecule has 5 N–H and O–H groups in total. The van der Waals surface area contributed by atoms with Crippen LogP contribution in [0.2, 0.25) is 5.02 Å². The molecule has 0 saturated carbocycles. The van der Waals surface area contributed by atoms with Crippen molar-refractivity contribution in [1.29, 1.82) is 0 Å². The Kier molecular flexibility index (Phi) is 6.17. The van der Waals surface area contributed by atoms with E-state index in [0.717, 1.165) is 30.6 Å². The number of aromatic nitrogens is 4. The van der Waals surface area contributed by atoms with Crippen LogP contribution >= 0.6 is 11.6 Å². The van der Waals surface area contributed by atoms with Gasteiger partial charge in [-0.15, -0.1) is 5.10 Å². The van der Waals surface area contributed by atoms with E-state index in [4.69, 9.17) is 37.3 Å². The van der Waals surface area contributed by atoms with Gasteiger partial charge in [-0.25, -0.2) is 4.98 Å². The number of hydrogen-bond donors (Lipinski definition) is 3. The molecular weight excluding hydrogens is 372 g/mol. The first kappa shape index (κ1) is 19.0. The molecule has 4 rings (SSSR count). The lowest BCUT2D eigenvalue weighted by Crippen LogP contribution is -2.21. The van der Waals surface area contributed by atoms with Crippen LogP contribution in [0.1, 0.15) is 12.8 Å². The Labute approximate surface area is 160 Å². The normalized spacial score (nSPS) is 16.4. The zero-order valence-corrected chi connectivity index (χ0v) is 15.1. The number of ether oxygens (including phenoxy) is 1. The second kappa shape index (κ2) is 8.76. The minimum atomic E-state index is -0.186. The van der Waals surface area contributed by atoms with Gasteiger partial charge in [-0.1, -0.05) is 16.7 Å². The molecule has 0 aliphatic carbocycles. The van der Waals surface area contributed by atoms with Gasteiger partial charge in [0, 0.05) is 36.3 Å². The third kappa shape index (κ3) is 5.13. The van der Waals surface area contributed by atoms with E-state index in [1.807, 2.05) is 0 Å². The van der Waals surface area contributed by atoms with Crippen molar-refractivity contribution in [2.24, 2.45) is 0 Å². The fourth-order valence-corrected chi connectivity index (χ4v) is 2.67. The summed E-state index contributed by atoms with van der Waals surface area (Å²) in [6.45, 7) is 1.37. The van der Waals surface area contributed by atoms with Crippen LogP contribution in [-0.4, -0.2) is 44.6 Å². The molecule has 1 aliphatic rings. The topological polar surface area (TPSA) is 146 Å². The zero-order valence-electron chi connectivity index (χ0n) is 14.4. The summed E-state index contributed by atoms with van der Waals surface area (Å²) >= 11 is 6.12. The van der Waals surface area contributed by atoms with Gasteiger partial charge in [-0.3, -0.25) is 4.98 Å². The Hall–Kier alpha value is -2.75. The Bertz CT molecular complexity index is 898. The molecular formula is C17H19ClN6O3. The van der Waals surface area contributed by atoms with Gasteiger partial charge in [-0.05, 0) is 25.0 Å². The largest absolute Gasteiger partial charge is 0.403 e. The fourth-order valence-electron chi connectivity index (χ4n) is 2.46. The molecule has 0 bridgehead atoms. The number of anilines is 2. The summed E-state index contributed by atoms with van der Waals surface area (Å²) in [4.78, 5) is 8.05. The van der Waals surface area contributed by atoms with Crippen LogP contribution in [0.5, 0.6) is 0 Å². The average Bonchev–Trinajstić information content (AvgIpc) is 3.11. The van der Waals surface area contributed by atoms with Gasteiger partial charge in [0.2, 0.25) is 0 Å². The van der Waals surface area contributed by atoms with Gasteiger partial charge in [-0.2, -0.15) is 0 Å². The first-order valence-electron chi connectivity index (χ1n) is 8.24. The quantitative estimate of drug-likeness (QED) is 0.598. The standard InChI is InChI=1S/C12H9ClN6O.C5H10O2/c13-9-5-17-10(14)2-8(9)6-1-7(4-16-3-6)11-18-19-12(15)20-11;6-5-2-1-3-7-4-5/h1-5H,(H2,14,17)(H2,15,19);5-6H,1-4H2. The number of halogens is 1. The fraction of sp³-hybridized carbons (Fsp3) is 0.294. The highest BCUT2D eigenvalue weighted by molar-refractivity contribution is 6.33. The van der Waals surface area contributed by atoms with E-state index in [-0.39, 0.29) is 18.0 Å². The zero-order chi connectivity index (χ0) is 19.2. The van der Waals surface area contributed by atoms with Gasteiger partial charge in [0.05, 0.1) is 23.3 Å². The lowest BCUT2D eigenvalue weighted by atomic mass is 10.1. The summed E-state index contributed by atoms with van der Waals surface area (Å²) in [5, 5.41) is 16.7. The third-order valence-corrected chi connectivity index (χ3v) is 4.05. The molecule has 1 unspecified atom stereocenters. The van der Waals surface area contributed by atoms with Crippen LogP contribution in [0.3, 0.4) is 0 Å². The van der Waals surface area contributed by atoms with Crippen molar-refractivity contribution in [2.45, 2.75) is 18.9 Å². The van der Waals surface area contributed by atoms with E-state index in [1.54, 1.807) is 24.5 Å². The molecule has 0 amide bonds. The van der Waals surface area contributed by atoms with E-state index < -0.39 is 0 Å². The van der Waals surface area contributed by atoms with Crippen molar-refractivity contribution >= 4 is 23.4 Å². The highest BCUT2D eigenvalue weighted by Gasteiger charge is 2.11. The van der Waals surface area contributed by atoms with Gasteiger partial charge in [0.1, 0.15) is 5.82 Å². The van der Waals surface area contributed by atoms with Gasteiger partial charge >= 0.3 is 6.01 Å². The monoisotopic (exact) mass is 390 g/mol. The summed E-state index contributed by atoms with van der Waals surface area (Å²) in [6.07, 6.45) is 6.48. The van der Waals surface area contributed by atoms with Gasteiger partial charge in [0.15, 0.2) is 0 Å². The van der Waals surface area contributed by atoms with Crippen molar-refractivity contribution < 1.29 is 14.3 Å². The SMILES string of the molecule is Nc1cc(-c2cncc(-c3nnc(N)o3)c2)c(Cl)cn1.OC1CCCOC1. The van der Waals surface area contributed by atoms with Gasteiger partial charge in [0.25, 0.3) is 5.89 Å². The molecule has 1 fully saturated rings. The van der Waals surface area contributed by atoms with Crippen molar-refractivity contribution in [3.05, 3.63) is 35.7 Å². The van der Waals surface area contributed by atoms with E-state index in [2.05, 4.69) is 20.2 Å². The van der Waals surface area contributed by atoms with Crippen LogP contribution in [-0.2, 0) is 4.74 Å². The van der Waals surface area contributed by atoms with Gasteiger partial charge < -0.3 is 25.7 Å². The van der Waals surface area contributed by atoms with Crippen LogP contribution < -0.4 is 11.5 Å². The molecule has 0 spiro atoms. The van der Waals surface area contributed by atoms with Crippen LogP contribution in [0.4, 0.5) is 11.8 Å². The van der Waals surface area contributed by atoms with E-state index in [1.165, 1.54) is 6.20 Å². The molecule has 9 nitrogen and oxygen atoms in total. The van der Waals surface area contributed by atoms with E-state index >= 15 is 0 Å². The molecule has 1 atom stereocenters. The minimum absolute atomic E-state index is 0.00316. The molecule has 0 radical (unpaired) electrons. The maximum atomic E-state index is 8.78. The van der Waals surface area contributed by atoms with E-state index in [0.29, 0.717) is 23.0 Å². The average molecular weight is 391 g/mol. The lowest BCUT2D eigenvalue weighted by Gasteiger charge is -2.15. The summed E-state index contributed by atoms with van der Waals surface area (Å²) in [5.74, 6) is 0.659. The molecule has 10 heteroatoms. The minimum Gasteiger partial charge on any atom is -0.403 e. The maximum Gasteiger partial charge on any atom is 0.313 e. The predicted molar refractivity (Wildman–Crippen MR) is 101 cm³/mol. The Morgan fingerprint density at radius 1 is 1.11 bits per heavy atom. The highest BCUT2D eigenvalue weighted by atomic mass is 35.5. The van der Waals surface area contributed by atoms with Crippen molar-refractivity contribution in [3.63, 3.8) is 0 Å². The van der Waals surface area contributed by atoms with Crippen molar-refractivity contribution in [2.75, 3.05) is 24.7 Å².